The molecule has 2 heterocycles. The molecular weight excluding hydrogens is 389 g/mol. The molecule has 1 amide bonds. The van der Waals surface area contributed by atoms with Crippen molar-refractivity contribution in [1.29, 1.82) is 0 Å². The lowest BCUT2D eigenvalue weighted by atomic mass is 9.80. The summed E-state index contributed by atoms with van der Waals surface area (Å²) in [4.78, 5) is 27.6. The summed E-state index contributed by atoms with van der Waals surface area (Å²) in [6, 6.07) is 13.3. The molecule has 4 rings (SSSR count). The fourth-order valence-corrected chi connectivity index (χ4v) is 4.35. The van der Waals surface area contributed by atoms with Crippen LogP contribution in [-0.4, -0.2) is 49.2 Å². The molecule has 6 nitrogen and oxygen atoms in total. The largest absolute Gasteiger partial charge is 0.493 e. The Morgan fingerprint density at radius 2 is 1.77 bits per heavy atom. The highest BCUT2D eigenvalue weighted by molar-refractivity contribution is 6.00. The first-order valence-electron chi connectivity index (χ1n) is 10.0. The van der Waals surface area contributed by atoms with Gasteiger partial charge >= 0.3 is 6.09 Å². The summed E-state index contributed by atoms with van der Waals surface area (Å²) >= 11 is 0. The SMILES string of the molecule is COc1c(F)cccc1C(=O)C1CC2COCC(C1)N2C(=O)OCc1ccccc1. The van der Waals surface area contributed by atoms with Crippen LogP contribution in [0.25, 0.3) is 0 Å². The van der Waals surface area contributed by atoms with Crippen molar-refractivity contribution >= 4 is 11.9 Å². The maximum absolute atomic E-state index is 14.0. The van der Waals surface area contributed by atoms with E-state index in [0.29, 0.717) is 26.1 Å². The minimum Gasteiger partial charge on any atom is -0.493 e. The summed E-state index contributed by atoms with van der Waals surface area (Å²) in [5.41, 5.74) is 1.15. The van der Waals surface area contributed by atoms with Crippen LogP contribution in [0.1, 0.15) is 28.8 Å². The summed E-state index contributed by atoms with van der Waals surface area (Å²) in [7, 11) is 1.35. The maximum atomic E-state index is 14.0. The van der Waals surface area contributed by atoms with Crippen LogP contribution >= 0.6 is 0 Å². The number of carbonyl (C=O) groups is 2. The third-order valence-electron chi connectivity index (χ3n) is 5.74. The first-order valence-corrected chi connectivity index (χ1v) is 10.0. The van der Waals surface area contributed by atoms with Crippen LogP contribution in [0, 0.1) is 11.7 Å². The number of nitrogens with zero attached hydrogens (tertiary/aromatic N) is 1. The van der Waals surface area contributed by atoms with Crippen molar-refractivity contribution in [3.8, 4) is 5.75 Å². The minimum atomic E-state index is -0.561. The molecule has 2 atom stereocenters. The van der Waals surface area contributed by atoms with Crippen molar-refractivity contribution in [2.45, 2.75) is 31.5 Å². The molecule has 0 aliphatic carbocycles. The third-order valence-corrected chi connectivity index (χ3v) is 5.74. The van der Waals surface area contributed by atoms with Crippen molar-refractivity contribution in [1.82, 2.24) is 4.90 Å². The van der Waals surface area contributed by atoms with Gasteiger partial charge in [0.2, 0.25) is 0 Å². The van der Waals surface area contributed by atoms with E-state index in [4.69, 9.17) is 14.2 Å². The molecule has 0 spiro atoms. The Bertz CT molecular complexity index is 905. The number of ketones is 1. The number of methoxy groups -OCH3 is 1. The number of piperidine rings is 1. The monoisotopic (exact) mass is 413 g/mol. The lowest BCUT2D eigenvalue weighted by Gasteiger charge is -2.47. The fraction of sp³-hybridized carbons (Fsp3) is 0.391. The van der Waals surface area contributed by atoms with Gasteiger partial charge in [0.1, 0.15) is 6.61 Å². The topological polar surface area (TPSA) is 65.1 Å². The summed E-state index contributed by atoms with van der Waals surface area (Å²) in [5.74, 6) is -1.10. The average Bonchev–Trinajstić information content (AvgIpc) is 2.76. The summed E-state index contributed by atoms with van der Waals surface area (Å²) in [5, 5.41) is 0. The second kappa shape index (κ2) is 8.83. The number of carbonyl (C=O) groups excluding carboxylic acids is 2. The van der Waals surface area contributed by atoms with Gasteiger partial charge < -0.3 is 14.2 Å². The van der Waals surface area contributed by atoms with Gasteiger partial charge in [-0.15, -0.1) is 0 Å². The Balaban J connectivity index is 1.46. The van der Waals surface area contributed by atoms with Crippen LogP contribution < -0.4 is 4.74 Å². The van der Waals surface area contributed by atoms with Crippen LogP contribution in [0.15, 0.2) is 48.5 Å². The molecule has 0 saturated carbocycles. The number of ether oxygens (including phenoxy) is 3. The molecule has 2 aromatic rings. The third kappa shape index (κ3) is 4.03. The molecular formula is C23H24FNO5. The highest BCUT2D eigenvalue weighted by Gasteiger charge is 2.45. The van der Waals surface area contributed by atoms with Crippen LogP contribution in [0.5, 0.6) is 5.75 Å². The highest BCUT2D eigenvalue weighted by atomic mass is 19.1. The van der Waals surface area contributed by atoms with E-state index in [1.807, 2.05) is 30.3 Å². The first kappa shape index (κ1) is 20.3. The number of amides is 1. The number of rotatable bonds is 5. The van der Waals surface area contributed by atoms with Gasteiger partial charge in [-0.1, -0.05) is 36.4 Å². The van der Waals surface area contributed by atoms with E-state index in [-0.39, 0.29) is 41.7 Å². The van der Waals surface area contributed by atoms with Gasteiger partial charge in [-0.3, -0.25) is 9.69 Å². The maximum Gasteiger partial charge on any atom is 0.410 e. The fourth-order valence-electron chi connectivity index (χ4n) is 4.35. The van der Waals surface area contributed by atoms with Crippen molar-refractivity contribution in [2.24, 2.45) is 5.92 Å². The zero-order valence-corrected chi connectivity index (χ0v) is 16.8. The standard InChI is InChI=1S/C23H24FNO5/c1-28-22-19(8-5-9-20(22)24)21(26)16-10-17-13-29-14-18(11-16)25(17)23(27)30-12-15-6-3-2-4-7-15/h2-9,16-18H,10-14H2,1H3. The molecule has 7 heteroatoms. The van der Waals surface area contributed by atoms with E-state index < -0.39 is 11.9 Å². The Morgan fingerprint density at radius 3 is 2.43 bits per heavy atom. The van der Waals surface area contributed by atoms with Gasteiger partial charge in [-0.2, -0.15) is 0 Å². The summed E-state index contributed by atoms with van der Waals surface area (Å²) < 4.78 is 30.3. The van der Waals surface area contributed by atoms with E-state index in [1.165, 1.54) is 19.2 Å². The van der Waals surface area contributed by atoms with Gasteiger partial charge in [0.15, 0.2) is 17.3 Å². The highest BCUT2D eigenvalue weighted by Crippen LogP contribution is 2.36. The second-order valence-electron chi connectivity index (χ2n) is 7.65. The average molecular weight is 413 g/mol. The number of para-hydroxylation sites is 1. The molecule has 0 N–H and O–H groups in total. The van der Waals surface area contributed by atoms with Gasteiger partial charge in [0.25, 0.3) is 0 Å². The lowest BCUT2D eigenvalue weighted by molar-refractivity contribution is -0.0755. The quantitative estimate of drug-likeness (QED) is 0.697. The molecule has 0 radical (unpaired) electrons. The minimum absolute atomic E-state index is 0.0337. The number of benzene rings is 2. The van der Waals surface area contributed by atoms with Crippen molar-refractivity contribution in [3.63, 3.8) is 0 Å². The molecule has 2 saturated heterocycles. The zero-order chi connectivity index (χ0) is 21.1. The predicted molar refractivity (Wildman–Crippen MR) is 107 cm³/mol. The smallest absolute Gasteiger partial charge is 0.410 e. The van der Waals surface area contributed by atoms with Crippen molar-refractivity contribution in [3.05, 3.63) is 65.5 Å². The van der Waals surface area contributed by atoms with E-state index in [0.717, 1.165) is 5.56 Å². The van der Waals surface area contributed by atoms with Gasteiger partial charge in [0, 0.05) is 5.92 Å². The Labute approximate surface area is 174 Å². The van der Waals surface area contributed by atoms with Crippen LogP contribution in [0.2, 0.25) is 0 Å². The number of fused-ring (bicyclic) bond motifs is 2. The number of hydrogen-bond donors (Lipinski definition) is 0. The molecule has 2 unspecified atom stereocenters. The second-order valence-corrected chi connectivity index (χ2v) is 7.65. The van der Waals surface area contributed by atoms with E-state index in [1.54, 1.807) is 11.0 Å². The Morgan fingerprint density at radius 1 is 1.07 bits per heavy atom. The Hall–Kier alpha value is -2.93. The number of hydrogen-bond acceptors (Lipinski definition) is 5. The van der Waals surface area contributed by atoms with Crippen molar-refractivity contribution < 1.29 is 28.2 Å². The van der Waals surface area contributed by atoms with Gasteiger partial charge in [0.05, 0.1) is 38.0 Å². The molecule has 2 aromatic carbocycles. The van der Waals surface area contributed by atoms with Crippen molar-refractivity contribution in [2.75, 3.05) is 20.3 Å². The van der Waals surface area contributed by atoms with E-state index in [9.17, 15) is 14.0 Å². The molecule has 158 valence electrons. The van der Waals surface area contributed by atoms with Crippen LogP contribution in [-0.2, 0) is 16.1 Å². The van der Waals surface area contributed by atoms with Crippen LogP contribution in [0.4, 0.5) is 9.18 Å². The predicted octanol–water partition coefficient (Wildman–Crippen LogP) is 3.83. The number of halogens is 1. The van der Waals surface area contributed by atoms with Gasteiger partial charge in [-0.05, 0) is 30.5 Å². The molecule has 2 aliphatic heterocycles. The normalized spacial score (nSPS) is 23.0. The molecule has 2 aliphatic rings. The first-order chi connectivity index (χ1) is 14.6. The van der Waals surface area contributed by atoms with E-state index in [2.05, 4.69) is 0 Å². The van der Waals surface area contributed by atoms with Gasteiger partial charge in [-0.25, -0.2) is 9.18 Å². The number of Topliss-reactive ketones (excluding diaryl/α,β-unsaturated/α-hetero) is 1. The lowest BCUT2D eigenvalue weighted by Crippen LogP contribution is -2.59. The van der Waals surface area contributed by atoms with Crippen LogP contribution in [0.3, 0.4) is 0 Å². The Kier molecular flexibility index (Phi) is 5.99. The molecule has 0 aromatic heterocycles. The summed E-state index contributed by atoms with van der Waals surface area (Å²) in [6.07, 6.45) is 0.483. The molecule has 2 fully saturated rings. The summed E-state index contributed by atoms with van der Waals surface area (Å²) in [6.45, 7) is 0.890. The molecule has 2 bridgehead atoms. The van der Waals surface area contributed by atoms with E-state index >= 15 is 0 Å². The number of morpholine rings is 1. The molecule has 30 heavy (non-hydrogen) atoms. The zero-order valence-electron chi connectivity index (χ0n) is 16.8.